The molecule has 0 aliphatic heterocycles. The van der Waals surface area contributed by atoms with Gasteiger partial charge in [0.15, 0.2) is 0 Å². The number of benzene rings is 1. The van der Waals surface area contributed by atoms with Crippen LogP contribution in [0.25, 0.3) is 10.9 Å². The highest BCUT2D eigenvalue weighted by Gasteiger charge is 2.02. The van der Waals surface area contributed by atoms with Gasteiger partial charge in [-0.1, -0.05) is 15.9 Å². The summed E-state index contributed by atoms with van der Waals surface area (Å²) < 4.78 is 6.22. The van der Waals surface area contributed by atoms with Crippen LogP contribution in [0.1, 0.15) is 0 Å². The predicted molar refractivity (Wildman–Crippen MR) is 56.0 cm³/mol. The molecular weight excluding hydrogens is 230 g/mol. The van der Waals surface area contributed by atoms with Gasteiger partial charge in [-0.3, -0.25) is 4.98 Å². The number of aromatic nitrogens is 1. The Labute approximate surface area is 84.7 Å². The Morgan fingerprint density at radius 1 is 1.38 bits per heavy atom. The molecule has 2 nitrogen and oxygen atoms in total. The molecule has 66 valence electrons. The van der Waals surface area contributed by atoms with Crippen molar-refractivity contribution in [1.82, 2.24) is 4.98 Å². The average Bonchev–Trinajstić information content (AvgIpc) is 2.16. The lowest BCUT2D eigenvalue weighted by Gasteiger charge is -2.04. The molecule has 0 radical (unpaired) electrons. The lowest BCUT2D eigenvalue weighted by Crippen LogP contribution is -1.86. The largest absolute Gasteiger partial charge is 0.496 e. The average molecular weight is 238 g/mol. The SMILES string of the molecule is COc1cc(Br)cc2ncccc12. The molecule has 0 N–H and O–H groups in total. The maximum Gasteiger partial charge on any atom is 0.129 e. The molecule has 0 unspecified atom stereocenters. The Hall–Kier alpha value is -1.09. The van der Waals surface area contributed by atoms with Gasteiger partial charge in [-0.05, 0) is 24.3 Å². The predicted octanol–water partition coefficient (Wildman–Crippen LogP) is 3.01. The summed E-state index contributed by atoms with van der Waals surface area (Å²) in [5, 5.41) is 1.04. The van der Waals surface area contributed by atoms with Gasteiger partial charge < -0.3 is 4.74 Å². The van der Waals surface area contributed by atoms with E-state index in [2.05, 4.69) is 20.9 Å². The molecule has 0 aliphatic rings. The number of rotatable bonds is 1. The first-order chi connectivity index (χ1) is 6.31. The molecule has 1 aromatic heterocycles. The molecule has 0 fully saturated rings. The van der Waals surface area contributed by atoms with Crippen LogP contribution in [0.5, 0.6) is 5.75 Å². The summed E-state index contributed by atoms with van der Waals surface area (Å²) in [6.07, 6.45) is 1.77. The monoisotopic (exact) mass is 237 g/mol. The quantitative estimate of drug-likeness (QED) is 0.761. The molecular formula is C10H8BrNO. The molecule has 1 heterocycles. The van der Waals surface area contributed by atoms with Crippen molar-refractivity contribution in [3.8, 4) is 5.75 Å². The minimum absolute atomic E-state index is 0.845. The summed E-state index contributed by atoms with van der Waals surface area (Å²) in [6.45, 7) is 0. The van der Waals surface area contributed by atoms with Crippen LogP contribution in [0.15, 0.2) is 34.9 Å². The summed E-state index contributed by atoms with van der Waals surface area (Å²) in [5.74, 6) is 0.845. The van der Waals surface area contributed by atoms with Gasteiger partial charge in [0.05, 0.1) is 12.6 Å². The van der Waals surface area contributed by atoms with Crippen LogP contribution in [0.4, 0.5) is 0 Å². The van der Waals surface area contributed by atoms with E-state index in [1.165, 1.54) is 0 Å². The fourth-order valence-electron chi connectivity index (χ4n) is 1.29. The van der Waals surface area contributed by atoms with E-state index >= 15 is 0 Å². The van der Waals surface area contributed by atoms with Crippen LogP contribution in [0, 0.1) is 0 Å². The first-order valence-electron chi connectivity index (χ1n) is 3.89. The van der Waals surface area contributed by atoms with E-state index in [-0.39, 0.29) is 0 Å². The van der Waals surface area contributed by atoms with E-state index in [1.807, 2.05) is 24.3 Å². The third kappa shape index (κ3) is 1.52. The molecule has 2 rings (SSSR count). The van der Waals surface area contributed by atoms with E-state index in [0.29, 0.717) is 0 Å². The number of hydrogen-bond acceptors (Lipinski definition) is 2. The van der Waals surface area contributed by atoms with Crippen molar-refractivity contribution in [1.29, 1.82) is 0 Å². The van der Waals surface area contributed by atoms with Gasteiger partial charge in [-0.2, -0.15) is 0 Å². The number of nitrogens with zero attached hydrogens (tertiary/aromatic N) is 1. The van der Waals surface area contributed by atoms with Gasteiger partial charge >= 0.3 is 0 Å². The molecule has 0 aliphatic carbocycles. The second-order valence-corrected chi connectivity index (χ2v) is 3.59. The van der Waals surface area contributed by atoms with Gasteiger partial charge in [0.25, 0.3) is 0 Å². The second kappa shape index (κ2) is 3.34. The number of halogens is 1. The maximum atomic E-state index is 5.24. The van der Waals surface area contributed by atoms with Crippen LogP contribution in [-0.4, -0.2) is 12.1 Å². The van der Waals surface area contributed by atoms with E-state index in [4.69, 9.17) is 4.74 Å². The highest BCUT2D eigenvalue weighted by molar-refractivity contribution is 9.10. The van der Waals surface area contributed by atoms with Crippen molar-refractivity contribution in [3.63, 3.8) is 0 Å². The van der Waals surface area contributed by atoms with Crippen molar-refractivity contribution in [3.05, 3.63) is 34.9 Å². The summed E-state index contributed by atoms with van der Waals surface area (Å²) in [6, 6.07) is 7.80. The molecule has 0 saturated heterocycles. The topological polar surface area (TPSA) is 22.1 Å². The smallest absolute Gasteiger partial charge is 0.129 e. The van der Waals surface area contributed by atoms with Gasteiger partial charge in [0.1, 0.15) is 5.75 Å². The maximum absolute atomic E-state index is 5.24. The number of ether oxygens (including phenoxy) is 1. The molecule has 1 aromatic carbocycles. The first-order valence-corrected chi connectivity index (χ1v) is 4.69. The fraction of sp³-hybridized carbons (Fsp3) is 0.100. The molecule has 0 amide bonds. The Balaban J connectivity index is 2.81. The number of hydrogen-bond donors (Lipinski definition) is 0. The summed E-state index contributed by atoms with van der Waals surface area (Å²) in [4.78, 5) is 4.24. The summed E-state index contributed by atoms with van der Waals surface area (Å²) in [7, 11) is 1.66. The lowest BCUT2D eigenvalue weighted by molar-refractivity contribution is 0.419. The van der Waals surface area contributed by atoms with Gasteiger partial charge in [0, 0.05) is 16.1 Å². The van der Waals surface area contributed by atoms with E-state index < -0.39 is 0 Å². The van der Waals surface area contributed by atoms with Crippen molar-refractivity contribution < 1.29 is 4.74 Å². The van der Waals surface area contributed by atoms with Crippen molar-refractivity contribution in [2.45, 2.75) is 0 Å². The highest BCUT2D eigenvalue weighted by Crippen LogP contribution is 2.28. The standard InChI is InChI=1S/C10H8BrNO/c1-13-10-6-7(11)5-9-8(10)3-2-4-12-9/h2-6H,1H3. The highest BCUT2D eigenvalue weighted by atomic mass is 79.9. The van der Waals surface area contributed by atoms with E-state index in [1.54, 1.807) is 13.3 Å². The second-order valence-electron chi connectivity index (χ2n) is 2.68. The number of fused-ring (bicyclic) bond motifs is 1. The van der Waals surface area contributed by atoms with Crippen LogP contribution >= 0.6 is 15.9 Å². The van der Waals surface area contributed by atoms with Gasteiger partial charge in [-0.25, -0.2) is 0 Å². The zero-order valence-electron chi connectivity index (χ0n) is 7.12. The lowest BCUT2D eigenvalue weighted by atomic mass is 10.2. The van der Waals surface area contributed by atoms with Crippen LogP contribution < -0.4 is 4.74 Å². The molecule has 0 spiro atoms. The number of methoxy groups -OCH3 is 1. The van der Waals surface area contributed by atoms with Crippen molar-refractivity contribution in [2.75, 3.05) is 7.11 Å². The molecule has 0 bridgehead atoms. The zero-order valence-corrected chi connectivity index (χ0v) is 8.71. The minimum atomic E-state index is 0.845. The normalized spacial score (nSPS) is 10.3. The third-order valence-corrected chi connectivity index (χ3v) is 2.33. The van der Waals surface area contributed by atoms with Crippen LogP contribution in [0.3, 0.4) is 0 Å². The van der Waals surface area contributed by atoms with Crippen LogP contribution in [0.2, 0.25) is 0 Å². The van der Waals surface area contributed by atoms with Crippen LogP contribution in [-0.2, 0) is 0 Å². The fourth-order valence-corrected chi connectivity index (χ4v) is 1.71. The molecule has 3 heteroatoms. The van der Waals surface area contributed by atoms with Crippen molar-refractivity contribution >= 4 is 26.8 Å². The van der Waals surface area contributed by atoms with Gasteiger partial charge in [-0.15, -0.1) is 0 Å². The Kier molecular flexibility index (Phi) is 2.19. The Morgan fingerprint density at radius 2 is 2.23 bits per heavy atom. The van der Waals surface area contributed by atoms with E-state index in [9.17, 15) is 0 Å². The first kappa shape index (κ1) is 8.51. The molecule has 0 atom stereocenters. The minimum Gasteiger partial charge on any atom is -0.496 e. The number of pyridine rings is 1. The Bertz CT molecular complexity index is 442. The third-order valence-electron chi connectivity index (χ3n) is 1.87. The summed E-state index contributed by atoms with van der Waals surface area (Å²) >= 11 is 3.40. The Morgan fingerprint density at radius 3 is 3.00 bits per heavy atom. The van der Waals surface area contributed by atoms with E-state index in [0.717, 1.165) is 21.1 Å². The molecule has 0 saturated carbocycles. The zero-order chi connectivity index (χ0) is 9.26. The molecule has 13 heavy (non-hydrogen) atoms. The van der Waals surface area contributed by atoms with Gasteiger partial charge in [0.2, 0.25) is 0 Å². The summed E-state index contributed by atoms with van der Waals surface area (Å²) in [5.41, 5.74) is 0.939. The molecule has 2 aromatic rings. The van der Waals surface area contributed by atoms with Crippen molar-refractivity contribution in [2.24, 2.45) is 0 Å².